The van der Waals surface area contributed by atoms with Gasteiger partial charge in [-0.25, -0.2) is 0 Å². The van der Waals surface area contributed by atoms with Crippen molar-refractivity contribution in [3.8, 4) is 5.75 Å². The van der Waals surface area contributed by atoms with Crippen LogP contribution in [0.1, 0.15) is 50.0 Å². The number of rotatable bonds is 3. The number of aliphatic hydroxyl groups excluding tert-OH is 1. The highest BCUT2D eigenvalue weighted by molar-refractivity contribution is 6.08. The first-order chi connectivity index (χ1) is 11.5. The van der Waals surface area contributed by atoms with Gasteiger partial charge in [-0.05, 0) is 18.9 Å². The van der Waals surface area contributed by atoms with Gasteiger partial charge in [0.2, 0.25) is 0 Å². The van der Waals surface area contributed by atoms with Gasteiger partial charge in [0.15, 0.2) is 5.78 Å². The minimum atomic E-state index is -1.01. The number of aliphatic hydroxyl groups is 1. The van der Waals surface area contributed by atoms with E-state index in [4.69, 9.17) is 0 Å². The summed E-state index contributed by atoms with van der Waals surface area (Å²) in [6.07, 6.45) is 2.25. The van der Waals surface area contributed by atoms with Gasteiger partial charge in [-0.15, -0.1) is 0 Å². The minimum absolute atomic E-state index is 0.0642. The van der Waals surface area contributed by atoms with E-state index in [0.29, 0.717) is 24.8 Å². The van der Waals surface area contributed by atoms with Crippen molar-refractivity contribution in [2.24, 2.45) is 5.92 Å². The first-order valence-corrected chi connectivity index (χ1v) is 8.29. The van der Waals surface area contributed by atoms with Crippen LogP contribution in [-0.4, -0.2) is 27.6 Å². The van der Waals surface area contributed by atoms with E-state index in [1.165, 1.54) is 6.07 Å². The average molecular weight is 328 g/mol. The summed E-state index contributed by atoms with van der Waals surface area (Å²) in [4.78, 5) is 37.4. The number of ketones is 3. The molecule has 0 heterocycles. The maximum atomic E-state index is 12.5. The Kier molecular flexibility index (Phi) is 4.51. The summed E-state index contributed by atoms with van der Waals surface area (Å²) < 4.78 is 0. The Morgan fingerprint density at radius 1 is 0.875 bits per heavy atom. The summed E-state index contributed by atoms with van der Waals surface area (Å²) in [6.45, 7) is 0. The molecule has 1 fully saturated rings. The van der Waals surface area contributed by atoms with E-state index in [-0.39, 0.29) is 53.7 Å². The fourth-order valence-electron chi connectivity index (χ4n) is 3.75. The van der Waals surface area contributed by atoms with Gasteiger partial charge in [0.25, 0.3) is 0 Å². The monoisotopic (exact) mass is 328 g/mol. The van der Waals surface area contributed by atoms with E-state index >= 15 is 0 Å². The standard InChI is InChI=1S/C19H20O5/c20-12-6-2-1-5-11(12)17(18-13(21)7-3-8-14(18)22)19-15(23)9-4-10-16(19)24/h1-2,5-6,17-18,20,23H,3-4,7-10H2/t17-/m1/s1. The van der Waals surface area contributed by atoms with Crippen molar-refractivity contribution in [2.45, 2.75) is 44.4 Å². The van der Waals surface area contributed by atoms with Gasteiger partial charge in [-0.1, -0.05) is 18.2 Å². The van der Waals surface area contributed by atoms with E-state index in [1.54, 1.807) is 18.2 Å². The molecule has 0 radical (unpaired) electrons. The van der Waals surface area contributed by atoms with Gasteiger partial charge < -0.3 is 10.2 Å². The molecule has 5 nitrogen and oxygen atoms in total. The van der Waals surface area contributed by atoms with Crippen molar-refractivity contribution in [2.75, 3.05) is 0 Å². The molecule has 3 rings (SSSR count). The molecule has 24 heavy (non-hydrogen) atoms. The van der Waals surface area contributed by atoms with Crippen LogP contribution in [0.2, 0.25) is 0 Å². The van der Waals surface area contributed by atoms with Crippen LogP contribution in [0.3, 0.4) is 0 Å². The van der Waals surface area contributed by atoms with Crippen LogP contribution in [0.5, 0.6) is 5.75 Å². The molecule has 2 aliphatic rings. The molecule has 2 aliphatic carbocycles. The number of phenolic OH excluding ortho intramolecular Hbond substituents is 1. The number of carbonyl (C=O) groups is 3. The third-order valence-electron chi connectivity index (χ3n) is 4.88. The maximum Gasteiger partial charge on any atom is 0.162 e. The van der Waals surface area contributed by atoms with Crippen molar-refractivity contribution >= 4 is 17.3 Å². The molecule has 0 aromatic heterocycles. The van der Waals surface area contributed by atoms with Crippen LogP contribution in [0.4, 0.5) is 0 Å². The molecule has 0 spiro atoms. The first-order valence-electron chi connectivity index (χ1n) is 8.29. The quantitative estimate of drug-likeness (QED) is 0.832. The molecule has 1 aromatic carbocycles. The van der Waals surface area contributed by atoms with Crippen LogP contribution < -0.4 is 0 Å². The van der Waals surface area contributed by atoms with Gasteiger partial charge in [-0.2, -0.15) is 0 Å². The Bertz CT molecular complexity index is 715. The van der Waals surface area contributed by atoms with Crippen LogP contribution in [0.25, 0.3) is 0 Å². The Labute approximate surface area is 140 Å². The second-order valence-corrected chi connectivity index (χ2v) is 6.44. The van der Waals surface area contributed by atoms with Crippen molar-refractivity contribution in [3.63, 3.8) is 0 Å². The molecule has 0 amide bonds. The average Bonchev–Trinajstić information content (AvgIpc) is 2.53. The number of aromatic hydroxyl groups is 1. The lowest BCUT2D eigenvalue weighted by molar-refractivity contribution is -0.136. The molecular weight excluding hydrogens is 308 g/mol. The molecular formula is C19H20O5. The summed E-state index contributed by atoms with van der Waals surface area (Å²) in [6, 6.07) is 6.39. The summed E-state index contributed by atoms with van der Waals surface area (Å²) in [5.41, 5.74) is 0.472. The van der Waals surface area contributed by atoms with Crippen LogP contribution in [0, 0.1) is 5.92 Å². The molecule has 2 N–H and O–H groups in total. The molecule has 5 heteroatoms. The van der Waals surface area contributed by atoms with Crippen molar-refractivity contribution in [3.05, 3.63) is 41.2 Å². The largest absolute Gasteiger partial charge is 0.512 e. The topological polar surface area (TPSA) is 91.7 Å². The van der Waals surface area contributed by atoms with Gasteiger partial charge in [0.05, 0.1) is 11.7 Å². The summed E-state index contributed by atoms with van der Waals surface area (Å²) >= 11 is 0. The minimum Gasteiger partial charge on any atom is -0.512 e. The zero-order valence-electron chi connectivity index (χ0n) is 13.3. The van der Waals surface area contributed by atoms with E-state index in [0.717, 1.165) is 0 Å². The van der Waals surface area contributed by atoms with E-state index in [2.05, 4.69) is 0 Å². The molecule has 126 valence electrons. The zero-order chi connectivity index (χ0) is 17.3. The fraction of sp³-hybridized carbons (Fsp3) is 0.421. The zero-order valence-corrected chi connectivity index (χ0v) is 13.3. The van der Waals surface area contributed by atoms with E-state index in [9.17, 15) is 24.6 Å². The van der Waals surface area contributed by atoms with E-state index < -0.39 is 11.8 Å². The lowest BCUT2D eigenvalue weighted by Crippen LogP contribution is -2.37. The number of hydrogen-bond acceptors (Lipinski definition) is 5. The van der Waals surface area contributed by atoms with Gasteiger partial charge in [0, 0.05) is 42.7 Å². The smallest absolute Gasteiger partial charge is 0.162 e. The number of Topliss-reactive ketones (excluding diaryl/α,β-unsaturated/α-hetero) is 3. The van der Waals surface area contributed by atoms with Crippen LogP contribution in [0.15, 0.2) is 35.6 Å². The second-order valence-electron chi connectivity index (χ2n) is 6.44. The second kappa shape index (κ2) is 6.59. The number of carbonyl (C=O) groups excluding carboxylic acids is 3. The van der Waals surface area contributed by atoms with Crippen molar-refractivity contribution in [1.82, 2.24) is 0 Å². The Hall–Kier alpha value is -2.43. The lowest BCUT2D eigenvalue weighted by Gasteiger charge is -2.32. The predicted molar refractivity (Wildman–Crippen MR) is 86.7 cm³/mol. The first kappa shape index (κ1) is 16.4. The van der Waals surface area contributed by atoms with Gasteiger partial charge in [0.1, 0.15) is 17.3 Å². The highest BCUT2D eigenvalue weighted by Gasteiger charge is 2.43. The Balaban J connectivity index is 2.18. The SMILES string of the molecule is O=C1CCCC(O)=C1[C@H](c1ccccc1O)C1C(=O)CCCC1=O. The summed E-state index contributed by atoms with van der Waals surface area (Å²) in [7, 11) is 0. The number of hydrogen-bond donors (Lipinski definition) is 2. The Morgan fingerprint density at radius 3 is 2.12 bits per heavy atom. The van der Waals surface area contributed by atoms with Crippen molar-refractivity contribution in [1.29, 1.82) is 0 Å². The van der Waals surface area contributed by atoms with E-state index in [1.807, 2.05) is 0 Å². The maximum absolute atomic E-state index is 12.5. The summed E-state index contributed by atoms with van der Waals surface area (Å²) in [5, 5.41) is 20.6. The number of allylic oxidation sites excluding steroid dienone is 2. The normalized spacial score (nSPS) is 21.2. The van der Waals surface area contributed by atoms with Gasteiger partial charge in [-0.3, -0.25) is 14.4 Å². The van der Waals surface area contributed by atoms with Crippen LogP contribution >= 0.6 is 0 Å². The highest BCUT2D eigenvalue weighted by Crippen LogP contribution is 2.43. The molecule has 1 saturated carbocycles. The number of para-hydroxylation sites is 1. The molecule has 0 saturated heterocycles. The molecule has 0 aliphatic heterocycles. The number of phenols is 1. The Morgan fingerprint density at radius 2 is 1.50 bits per heavy atom. The lowest BCUT2D eigenvalue weighted by atomic mass is 9.69. The third kappa shape index (κ3) is 2.86. The van der Waals surface area contributed by atoms with Crippen LogP contribution in [-0.2, 0) is 14.4 Å². The van der Waals surface area contributed by atoms with Crippen molar-refractivity contribution < 1.29 is 24.6 Å². The molecule has 1 aromatic rings. The number of benzene rings is 1. The van der Waals surface area contributed by atoms with Gasteiger partial charge >= 0.3 is 0 Å². The molecule has 0 unspecified atom stereocenters. The molecule has 0 bridgehead atoms. The third-order valence-corrected chi connectivity index (χ3v) is 4.88. The predicted octanol–water partition coefficient (Wildman–Crippen LogP) is 2.98. The molecule has 1 atom stereocenters. The summed E-state index contributed by atoms with van der Waals surface area (Å²) in [5.74, 6) is -2.75. The fourth-order valence-corrected chi connectivity index (χ4v) is 3.75. The highest BCUT2D eigenvalue weighted by atomic mass is 16.3.